The molecule has 0 bridgehead atoms. The molecule has 2 rings (SSSR count). The fraction of sp³-hybridized carbons (Fsp3) is 0.333. The van der Waals surface area contributed by atoms with Crippen molar-refractivity contribution in [3.63, 3.8) is 0 Å². The number of halogens is 3. The zero-order valence-corrected chi connectivity index (χ0v) is 12.2. The smallest absolute Gasteiger partial charge is 0.150 e. The maximum Gasteiger partial charge on any atom is 0.150 e. The Balaban J connectivity index is 2.10. The van der Waals surface area contributed by atoms with Crippen LogP contribution in [-0.2, 0) is 11.3 Å². The molecule has 0 aliphatic rings. The number of rotatable bonds is 6. The summed E-state index contributed by atoms with van der Waals surface area (Å²) in [7, 11) is 1.61. The molecule has 4 nitrogen and oxygen atoms in total. The average Bonchev–Trinajstić information content (AvgIpc) is 2.87. The predicted molar refractivity (Wildman–Crippen MR) is 73.9 cm³/mol. The van der Waals surface area contributed by atoms with Gasteiger partial charge in [-0.05, 0) is 12.1 Å². The SMILES string of the molecule is COCCNCc1nnc(-c2cc(F)c(Cl)cc2F)s1. The lowest BCUT2D eigenvalue weighted by Gasteiger charge is -2.01. The molecule has 0 fully saturated rings. The molecular weight excluding hydrogens is 308 g/mol. The van der Waals surface area contributed by atoms with E-state index in [9.17, 15) is 8.78 Å². The lowest BCUT2D eigenvalue weighted by atomic mass is 10.2. The number of hydrogen-bond donors (Lipinski definition) is 1. The van der Waals surface area contributed by atoms with Crippen LogP contribution in [0, 0.1) is 11.6 Å². The van der Waals surface area contributed by atoms with E-state index in [-0.39, 0.29) is 10.6 Å². The van der Waals surface area contributed by atoms with E-state index in [0.29, 0.717) is 29.7 Å². The molecule has 1 N–H and O–H groups in total. The molecule has 108 valence electrons. The van der Waals surface area contributed by atoms with Crippen molar-refractivity contribution in [1.29, 1.82) is 0 Å². The number of hydrogen-bond acceptors (Lipinski definition) is 5. The lowest BCUT2D eigenvalue weighted by Crippen LogP contribution is -2.18. The van der Waals surface area contributed by atoms with Gasteiger partial charge in [-0.15, -0.1) is 10.2 Å². The van der Waals surface area contributed by atoms with Gasteiger partial charge in [-0.2, -0.15) is 0 Å². The molecule has 2 aromatic rings. The number of aromatic nitrogens is 2. The van der Waals surface area contributed by atoms with Gasteiger partial charge in [-0.25, -0.2) is 8.78 Å². The van der Waals surface area contributed by atoms with Gasteiger partial charge in [0, 0.05) is 20.2 Å². The summed E-state index contributed by atoms with van der Waals surface area (Å²) in [5.74, 6) is -1.30. The van der Waals surface area contributed by atoms with E-state index in [1.807, 2.05) is 0 Å². The Hall–Kier alpha value is -1.15. The van der Waals surface area contributed by atoms with Gasteiger partial charge in [-0.1, -0.05) is 22.9 Å². The molecular formula is C12H12ClF2N3OS. The quantitative estimate of drug-likeness (QED) is 0.657. The van der Waals surface area contributed by atoms with Crippen LogP contribution in [0.15, 0.2) is 12.1 Å². The van der Waals surface area contributed by atoms with Crippen molar-refractivity contribution in [3.05, 3.63) is 33.8 Å². The third-order valence-corrected chi connectivity index (χ3v) is 3.71. The van der Waals surface area contributed by atoms with Gasteiger partial charge in [0.05, 0.1) is 17.2 Å². The minimum atomic E-state index is -0.682. The van der Waals surface area contributed by atoms with Crippen molar-refractivity contribution in [1.82, 2.24) is 15.5 Å². The zero-order chi connectivity index (χ0) is 14.5. The van der Waals surface area contributed by atoms with Crippen LogP contribution in [0.25, 0.3) is 10.6 Å². The highest BCUT2D eigenvalue weighted by atomic mass is 35.5. The normalized spacial score (nSPS) is 11.0. The first-order valence-corrected chi connectivity index (χ1v) is 6.98. The minimum absolute atomic E-state index is 0.0625. The molecule has 0 radical (unpaired) electrons. The maximum atomic E-state index is 13.7. The third-order valence-electron chi connectivity index (χ3n) is 2.47. The van der Waals surface area contributed by atoms with Crippen molar-refractivity contribution in [3.8, 4) is 10.6 Å². The first-order valence-electron chi connectivity index (χ1n) is 5.78. The van der Waals surface area contributed by atoms with Crippen LogP contribution in [0.4, 0.5) is 8.78 Å². The molecule has 0 unspecified atom stereocenters. The van der Waals surface area contributed by atoms with Gasteiger partial charge >= 0.3 is 0 Å². The van der Waals surface area contributed by atoms with Crippen LogP contribution in [0.3, 0.4) is 0 Å². The predicted octanol–water partition coefficient (Wildman–Crippen LogP) is 2.87. The number of methoxy groups -OCH3 is 1. The molecule has 0 saturated carbocycles. The lowest BCUT2D eigenvalue weighted by molar-refractivity contribution is 0.199. The molecule has 8 heteroatoms. The summed E-state index contributed by atoms with van der Waals surface area (Å²) in [5, 5.41) is 11.6. The van der Waals surface area contributed by atoms with Crippen LogP contribution in [0.1, 0.15) is 5.01 Å². The molecule has 0 atom stereocenters. The molecule has 0 aliphatic heterocycles. The van der Waals surface area contributed by atoms with Crippen molar-refractivity contribution in [2.45, 2.75) is 6.54 Å². The molecule has 0 aliphatic carbocycles. The van der Waals surface area contributed by atoms with Crippen molar-refractivity contribution in [2.24, 2.45) is 0 Å². The largest absolute Gasteiger partial charge is 0.383 e. The maximum absolute atomic E-state index is 13.7. The van der Waals surface area contributed by atoms with E-state index in [1.54, 1.807) is 7.11 Å². The molecule has 0 saturated heterocycles. The number of ether oxygens (including phenoxy) is 1. The monoisotopic (exact) mass is 319 g/mol. The van der Waals surface area contributed by atoms with Gasteiger partial charge in [0.25, 0.3) is 0 Å². The van der Waals surface area contributed by atoms with Crippen LogP contribution >= 0.6 is 22.9 Å². The summed E-state index contributed by atoms with van der Waals surface area (Å²) in [4.78, 5) is 0. The molecule has 1 heterocycles. The van der Waals surface area contributed by atoms with E-state index in [0.717, 1.165) is 12.1 Å². The highest BCUT2D eigenvalue weighted by Crippen LogP contribution is 2.29. The Morgan fingerprint density at radius 2 is 2.10 bits per heavy atom. The highest BCUT2D eigenvalue weighted by molar-refractivity contribution is 7.14. The Bertz CT molecular complexity index is 594. The Kier molecular flexibility index (Phi) is 5.36. The average molecular weight is 320 g/mol. The standard InChI is InChI=1S/C12H12ClF2N3OS/c1-19-3-2-16-6-11-17-18-12(20-11)7-4-10(15)8(13)5-9(7)14/h4-5,16H,2-3,6H2,1H3. The van der Waals surface area contributed by atoms with Crippen molar-refractivity contribution in [2.75, 3.05) is 20.3 Å². The van der Waals surface area contributed by atoms with Crippen LogP contribution < -0.4 is 5.32 Å². The highest BCUT2D eigenvalue weighted by Gasteiger charge is 2.14. The topological polar surface area (TPSA) is 47.0 Å². The van der Waals surface area contributed by atoms with Gasteiger partial charge in [0.15, 0.2) is 5.01 Å². The summed E-state index contributed by atoms with van der Waals surface area (Å²) in [6.07, 6.45) is 0. The van der Waals surface area contributed by atoms with Crippen LogP contribution in [0.2, 0.25) is 5.02 Å². The minimum Gasteiger partial charge on any atom is -0.383 e. The van der Waals surface area contributed by atoms with E-state index in [2.05, 4.69) is 15.5 Å². The summed E-state index contributed by atoms with van der Waals surface area (Å²) in [5.41, 5.74) is 0.0625. The molecule has 0 spiro atoms. The number of benzene rings is 1. The molecule has 20 heavy (non-hydrogen) atoms. The van der Waals surface area contributed by atoms with Crippen molar-refractivity contribution >= 4 is 22.9 Å². The van der Waals surface area contributed by atoms with Gasteiger partial charge in [0.2, 0.25) is 0 Å². The van der Waals surface area contributed by atoms with Gasteiger partial charge in [-0.3, -0.25) is 0 Å². The van der Waals surface area contributed by atoms with Gasteiger partial charge < -0.3 is 10.1 Å². The van der Waals surface area contributed by atoms with E-state index < -0.39 is 11.6 Å². The Morgan fingerprint density at radius 3 is 2.85 bits per heavy atom. The first kappa shape index (κ1) is 15.2. The molecule has 0 amide bonds. The van der Waals surface area contributed by atoms with Gasteiger partial charge in [0.1, 0.15) is 16.6 Å². The van der Waals surface area contributed by atoms with Crippen molar-refractivity contribution < 1.29 is 13.5 Å². The number of nitrogens with one attached hydrogen (secondary N) is 1. The Morgan fingerprint density at radius 1 is 1.30 bits per heavy atom. The molecule has 1 aromatic carbocycles. The fourth-order valence-electron chi connectivity index (χ4n) is 1.49. The van der Waals surface area contributed by atoms with E-state index in [1.165, 1.54) is 11.3 Å². The van der Waals surface area contributed by atoms with E-state index >= 15 is 0 Å². The second-order valence-electron chi connectivity index (χ2n) is 3.92. The third kappa shape index (κ3) is 3.69. The first-order chi connectivity index (χ1) is 9.61. The van der Waals surface area contributed by atoms with Crippen LogP contribution in [0.5, 0.6) is 0 Å². The van der Waals surface area contributed by atoms with E-state index in [4.69, 9.17) is 16.3 Å². The Labute approximate surface area is 123 Å². The second kappa shape index (κ2) is 7.03. The van der Waals surface area contributed by atoms with Crippen LogP contribution in [-0.4, -0.2) is 30.5 Å². The second-order valence-corrected chi connectivity index (χ2v) is 5.39. The summed E-state index contributed by atoms with van der Waals surface area (Å²) in [6.45, 7) is 1.76. The summed E-state index contributed by atoms with van der Waals surface area (Å²) >= 11 is 6.70. The molecule has 1 aromatic heterocycles. The summed E-state index contributed by atoms with van der Waals surface area (Å²) < 4.78 is 32.0. The summed E-state index contributed by atoms with van der Waals surface area (Å²) in [6, 6.07) is 1.96. The zero-order valence-electron chi connectivity index (χ0n) is 10.6. The fourth-order valence-corrected chi connectivity index (χ4v) is 2.47. The number of nitrogens with zero attached hydrogens (tertiary/aromatic N) is 2.